The minimum Gasteiger partial charge on any atom is -0.394 e. The summed E-state index contributed by atoms with van der Waals surface area (Å²) in [5.41, 5.74) is 0. The lowest BCUT2D eigenvalue weighted by molar-refractivity contribution is -0.132. The average molecular weight is 710 g/mol. The largest absolute Gasteiger partial charge is 0.394 e. The fourth-order valence-electron chi connectivity index (χ4n) is 6.93. The van der Waals surface area contributed by atoms with Crippen molar-refractivity contribution in [3.63, 3.8) is 0 Å². The second kappa shape index (κ2) is 39.3. The van der Waals surface area contributed by atoms with Gasteiger partial charge >= 0.3 is 0 Å². The molecule has 0 aliphatic rings. The number of aliphatic hydroxyl groups excluding tert-OH is 4. The molecule has 1 amide bonds. The van der Waals surface area contributed by atoms with Crippen LogP contribution in [0.4, 0.5) is 0 Å². The van der Waals surface area contributed by atoms with Gasteiger partial charge in [0.05, 0.1) is 18.8 Å². The van der Waals surface area contributed by atoms with Gasteiger partial charge in [0, 0.05) is 0 Å². The minimum atomic E-state index is -1.26. The first-order valence-electron chi connectivity index (χ1n) is 22.1. The monoisotopic (exact) mass is 710 g/mol. The van der Waals surface area contributed by atoms with Gasteiger partial charge in [-0.05, 0) is 38.5 Å². The van der Waals surface area contributed by atoms with Crippen LogP contribution in [-0.2, 0) is 4.79 Å². The van der Waals surface area contributed by atoms with Gasteiger partial charge in [0.2, 0.25) is 5.91 Å². The fourth-order valence-corrected chi connectivity index (χ4v) is 6.93. The van der Waals surface area contributed by atoms with Gasteiger partial charge in [0.15, 0.2) is 0 Å². The summed E-state index contributed by atoms with van der Waals surface area (Å²) in [5, 5.41) is 43.7. The van der Waals surface area contributed by atoms with Crippen LogP contribution in [0.3, 0.4) is 0 Å². The first-order chi connectivity index (χ1) is 24.5. The number of hydrogen-bond donors (Lipinski definition) is 5. The minimum absolute atomic E-state index is 0.364. The number of carbonyl (C=O) groups is 1. The van der Waals surface area contributed by atoms with Crippen molar-refractivity contribution in [2.75, 3.05) is 6.61 Å². The summed E-state index contributed by atoms with van der Waals surface area (Å²) >= 11 is 0. The zero-order chi connectivity index (χ0) is 36.8. The van der Waals surface area contributed by atoms with E-state index in [-0.39, 0.29) is 0 Å². The van der Waals surface area contributed by atoms with Crippen molar-refractivity contribution in [3.05, 3.63) is 12.2 Å². The van der Waals surface area contributed by atoms with E-state index in [2.05, 4.69) is 31.3 Å². The van der Waals surface area contributed by atoms with E-state index in [4.69, 9.17) is 0 Å². The van der Waals surface area contributed by atoms with Gasteiger partial charge in [-0.2, -0.15) is 0 Å². The number of allylic oxidation sites excluding steroid dienone is 2. The number of amides is 1. The Kier molecular flexibility index (Phi) is 38.5. The zero-order valence-electron chi connectivity index (χ0n) is 33.4. The third kappa shape index (κ3) is 32.9. The lowest BCUT2D eigenvalue weighted by Crippen LogP contribution is -2.53. The van der Waals surface area contributed by atoms with E-state index in [0.29, 0.717) is 12.8 Å². The van der Waals surface area contributed by atoms with Crippen LogP contribution < -0.4 is 5.32 Å². The smallest absolute Gasteiger partial charge is 0.249 e. The highest BCUT2D eigenvalue weighted by molar-refractivity contribution is 5.80. The van der Waals surface area contributed by atoms with Crippen molar-refractivity contribution < 1.29 is 25.2 Å². The van der Waals surface area contributed by atoms with Crippen molar-refractivity contribution in [2.24, 2.45) is 0 Å². The molecular weight excluding hydrogens is 622 g/mol. The molecule has 6 nitrogen and oxygen atoms in total. The van der Waals surface area contributed by atoms with Crippen LogP contribution in [0.25, 0.3) is 0 Å². The predicted molar refractivity (Wildman–Crippen MR) is 215 cm³/mol. The fraction of sp³-hybridized carbons (Fsp3) is 0.932. The highest BCUT2D eigenvalue weighted by Crippen LogP contribution is 2.16. The Morgan fingerprint density at radius 1 is 0.480 bits per heavy atom. The van der Waals surface area contributed by atoms with Crippen molar-refractivity contribution in [1.29, 1.82) is 0 Å². The summed E-state index contributed by atoms with van der Waals surface area (Å²) in [6.45, 7) is 4.05. The van der Waals surface area contributed by atoms with Gasteiger partial charge in [0.1, 0.15) is 12.2 Å². The molecule has 0 bridgehead atoms. The molecule has 6 heteroatoms. The van der Waals surface area contributed by atoms with Crippen molar-refractivity contribution in [1.82, 2.24) is 5.32 Å². The maximum atomic E-state index is 12.5. The second-order valence-corrected chi connectivity index (χ2v) is 15.4. The van der Waals surface area contributed by atoms with Crippen molar-refractivity contribution >= 4 is 5.91 Å². The van der Waals surface area contributed by atoms with Crippen LogP contribution in [0.5, 0.6) is 0 Å². The number of carbonyl (C=O) groups excluding carboxylic acids is 1. The normalized spacial score (nSPS) is 14.3. The molecule has 50 heavy (non-hydrogen) atoms. The Bertz CT molecular complexity index is 717. The lowest BCUT2D eigenvalue weighted by Gasteiger charge is -2.27. The van der Waals surface area contributed by atoms with Crippen LogP contribution in [0.15, 0.2) is 12.2 Å². The van der Waals surface area contributed by atoms with Gasteiger partial charge in [-0.15, -0.1) is 0 Å². The quantitative estimate of drug-likeness (QED) is 0.0321. The van der Waals surface area contributed by atoms with E-state index in [1.807, 2.05) is 0 Å². The summed E-state index contributed by atoms with van der Waals surface area (Å²) in [5.74, 6) is -0.587. The number of rotatable bonds is 40. The first-order valence-corrected chi connectivity index (χ1v) is 22.1. The molecule has 0 saturated heterocycles. The molecule has 4 unspecified atom stereocenters. The molecule has 0 aromatic carbocycles. The molecule has 0 aliphatic carbocycles. The Labute approximate surface area is 311 Å². The van der Waals surface area contributed by atoms with Crippen LogP contribution >= 0.6 is 0 Å². The third-order valence-electron chi connectivity index (χ3n) is 10.5. The average Bonchev–Trinajstić information content (AvgIpc) is 3.12. The number of unbranched alkanes of at least 4 members (excludes halogenated alkanes) is 29. The van der Waals surface area contributed by atoms with Gasteiger partial charge in [-0.3, -0.25) is 4.79 Å². The third-order valence-corrected chi connectivity index (χ3v) is 10.5. The first kappa shape index (κ1) is 49.0. The number of hydrogen-bond acceptors (Lipinski definition) is 5. The molecule has 0 aromatic rings. The van der Waals surface area contributed by atoms with Crippen LogP contribution in [0, 0.1) is 0 Å². The van der Waals surface area contributed by atoms with E-state index in [9.17, 15) is 25.2 Å². The summed E-state index contributed by atoms with van der Waals surface area (Å²) in [6.07, 6.45) is 42.3. The molecule has 0 heterocycles. The van der Waals surface area contributed by atoms with Crippen LogP contribution in [-0.4, -0.2) is 57.3 Å². The molecule has 5 N–H and O–H groups in total. The summed E-state index contributed by atoms with van der Waals surface area (Å²) < 4.78 is 0. The molecule has 0 spiro atoms. The molecule has 0 fully saturated rings. The molecule has 0 saturated carbocycles. The Morgan fingerprint density at radius 2 is 0.800 bits per heavy atom. The number of aliphatic hydroxyl groups is 4. The van der Waals surface area contributed by atoms with Gasteiger partial charge < -0.3 is 25.7 Å². The molecule has 0 aliphatic heterocycles. The van der Waals surface area contributed by atoms with E-state index in [0.717, 1.165) is 44.9 Å². The Balaban J connectivity index is 3.73. The maximum absolute atomic E-state index is 12.5. The lowest BCUT2D eigenvalue weighted by atomic mass is 9.99. The molecule has 0 aromatic heterocycles. The number of nitrogens with one attached hydrogen (secondary N) is 1. The standard InChI is InChI=1S/C44H87NO5/c1-3-5-7-9-11-13-15-17-19-20-21-22-24-26-28-30-32-34-36-38-42(48)44(50)45-40(39-46)43(49)41(47)37-35-33-31-29-27-25-23-18-16-14-12-10-8-6-4-2/h21-22,40-43,46-49H,3-20,23-39H2,1-2H3,(H,45,50)/b22-21-. The van der Waals surface area contributed by atoms with Crippen LogP contribution in [0.1, 0.15) is 232 Å². The van der Waals surface area contributed by atoms with Crippen molar-refractivity contribution in [3.8, 4) is 0 Å². The Hall–Kier alpha value is -0.950. The highest BCUT2D eigenvalue weighted by Gasteiger charge is 2.28. The summed E-state index contributed by atoms with van der Waals surface area (Å²) in [4.78, 5) is 12.5. The molecule has 298 valence electrons. The van der Waals surface area contributed by atoms with Gasteiger partial charge in [-0.1, -0.05) is 206 Å². The predicted octanol–water partition coefficient (Wildman–Crippen LogP) is 11.4. The maximum Gasteiger partial charge on any atom is 0.249 e. The van der Waals surface area contributed by atoms with E-state index in [1.165, 1.54) is 161 Å². The topological polar surface area (TPSA) is 110 Å². The Morgan fingerprint density at radius 3 is 1.16 bits per heavy atom. The van der Waals surface area contributed by atoms with E-state index < -0.39 is 36.9 Å². The van der Waals surface area contributed by atoms with Crippen LogP contribution in [0.2, 0.25) is 0 Å². The van der Waals surface area contributed by atoms with Crippen molar-refractivity contribution in [2.45, 2.75) is 257 Å². The molecule has 0 rings (SSSR count). The summed E-state index contributed by atoms with van der Waals surface area (Å²) in [6, 6.07) is -0.984. The van der Waals surface area contributed by atoms with Gasteiger partial charge in [-0.25, -0.2) is 0 Å². The highest BCUT2D eigenvalue weighted by atomic mass is 16.3. The second-order valence-electron chi connectivity index (χ2n) is 15.4. The van der Waals surface area contributed by atoms with E-state index >= 15 is 0 Å². The molecule has 0 radical (unpaired) electrons. The molecule has 4 atom stereocenters. The van der Waals surface area contributed by atoms with Gasteiger partial charge in [0.25, 0.3) is 0 Å². The summed E-state index contributed by atoms with van der Waals surface area (Å²) in [7, 11) is 0. The SMILES string of the molecule is CCCCCCCCCCC/C=C\CCCCCCCCC(O)C(=O)NC(CO)C(O)C(O)CCCCCCCCCCCCCCCCC. The van der Waals surface area contributed by atoms with E-state index in [1.54, 1.807) is 0 Å². The molecular formula is C44H87NO5. The zero-order valence-corrected chi connectivity index (χ0v) is 33.4.